The topological polar surface area (TPSA) is 73.5 Å². The number of likely N-dealkylation sites (N-methyl/N-ethyl adjacent to an activating group) is 1. The van der Waals surface area contributed by atoms with Crippen LogP contribution in [0, 0.1) is 41.9 Å². The second-order valence-electron chi connectivity index (χ2n) is 21.3. The first-order valence-electron chi connectivity index (χ1n) is 25.9. The zero-order valence-electron chi connectivity index (χ0n) is 43.1. The van der Waals surface area contributed by atoms with Crippen LogP contribution in [0.5, 0.6) is 0 Å². The van der Waals surface area contributed by atoms with Crippen LogP contribution in [0.25, 0.3) is 33.3 Å². The number of pyridine rings is 1. The summed E-state index contributed by atoms with van der Waals surface area (Å²) in [6, 6.07) is 21.9. The smallest absolute Gasteiger partial charge is 0.379 e. The van der Waals surface area contributed by atoms with E-state index >= 15 is 0 Å². The summed E-state index contributed by atoms with van der Waals surface area (Å²) < 4.78 is 2.50. The molecule has 0 radical (unpaired) electrons. The molecular weight excluding hydrogens is 844 g/mol. The predicted octanol–water partition coefficient (Wildman–Crippen LogP) is 8.01. The number of nitrogens with one attached hydrogen (secondary N) is 3. The normalized spacial score (nSPS) is 20.4. The average molecular weight is 925 g/mol. The Morgan fingerprint density at radius 3 is 2.51 bits per heavy atom. The Morgan fingerprint density at radius 2 is 1.82 bits per heavy atom. The Hall–Kier alpha value is -3.94. The number of hydrogen-bond acceptors (Lipinski definition) is 7. The van der Waals surface area contributed by atoms with Crippen LogP contribution in [-0.4, -0.2) is 87.8 Å². The van der Waals surface area contributed by atoms with E-state index in [1.807, 2.05) is 6.20 Å². The maximum absolute atomic E-state index is 5.82. The van der Waals surface area contributed by atoms with E-state index in [1.54, 1.807) is 0 Å². The van der Waals surface area contributed by atoms with Gasteiger partial charge in [-0.2, -0.15) is 0 Å². The number of fused-ring (bicyclic) bond motifs is 1. The van der Waals surface area contributed by atoms with E-state index in [-0.39, 0.29) is 47.1 Å². The molecule has 0 amide bonds. The van der Waals surface area contributed by atoms with Crippen molar-refractivity contribution in [3.05, 3.63) is 121 Å². The molecule has 3 saturated heterocycles. The number of nitrogens with zero attached hydrogens (tertiary/aromatic N) is 5. The second-order valence-corrected chi connectivity index (χ2v) is 21.3. The van der Waals surface area contributed by atoms with Crippen LogP contribution < -0.4 is 45.6 Å². The molecule has 2 aromatic heterocycles. The maximum Gasteiger partial charge on any atom is 1.00 e. The summed E-state index contributed by atoms with van der Waals surface area (Å²) >= 11 is 0. The first-order chi connectivity index (χ1) is 32.3. The van der Waals surface area contributed by atoms with Gasteiger partial charge in [-0.15, -0.1) is 30.9 Å². The van der Waals surface area contributed by atoms with Crippen LogP contribution in [0.15, 0.2) is 97.6 Å². The van der Waals surface area contributed by atoms with Crippen molar-refractivity contribution in [1.82, 2.24) is 40.4 Å². The summed E-state index contributed by atoms with van der Waals surface area (Å²) in [5, 5.41) is 11.4. The summed E-state index contributed by atoms with van der Waals surface area (Å²) in [7, 11) is 0. The molecule has 4 aromatic rings. The molecule has 5 atom stereocenters. The van der Waals surface area contributed by atoms with Gasteiger partial charge in [-0.3, -0.25) is 9.88 Å². The largest absolute Gasteiger partial charge is 1.00 e. The summed E-state index contributed by atoms with van der Waals surface area (Å²) in [4.78, 5) is 10.1. The van der Waals surface area contributed by atoms with Gasteiger partial charge in [0.2, 0.25) is 0 Å². The van der Waals surface area contributed by atoms with Crippen LogP contribution in [-0.2, 0) is 19.4 Å². The molecule has 4 fully saturated rings. The molecule has 1 saturated carbocycles. The third-order valence-corrected chi connectivity index (χ3v) is 15.4. The van der Waals surface area contributed by atoms with E-state index in [2.05, 4.69) is 157 Å². The summed E-state index contributed by atoms with van der Waals surface area (Å²) in [5.74, 6) is 4.80. The molecule has 8 rings (SSSR count). The number of rotatable bonds is 23. The summed E-state index contributed by atoms with van der Waals surface area (Å²) in [6.07, 6.45) is 19.6. The Labute approximate surface area is 433 Å². The average Bonchev–Trinajstić information content (AvgIpc) is 4.26. The van der Waals surface area contributed by atoms with Crippen molar-refractivity contribution in [2.45, 2.75) is 137 Å². The van der Waals surface area contributed by atoms with Crippen molar-refractivity contribution in [3.8, 4) is 34.7 Å². The van der Waals surface area contributed by atoms with Crippen LogP contribution in [0.3, 0.4) is 0 Å². The maximum atomic E-state index is 5.82. The number of likely N-dealkylation sites (tertiary alicyclic amines) is 1. The van der Waals surface area contributed by atoms with Crippen molar-refractivity contribution in [2.24, 2.45) is 23.2 Å². The van der Waals surface area contributed by atoms with Gasteiger partial charge in [0.05, 0.1) is 18.1 Å². The third-order valence-electron chi connectivity index (χ3n) is 15.4. The summed E-state index contributed by atoms with van der Waals surface area (Å²) in [5.41, 5.74) is 17.0. The van der Waals surface area contributed by atoms with Gasteiger partial charge in [0.25, 0.3) is 0 Å². The minimum absolute atomic E-state index is 0. The number of hydrazine groups is 1. The molecule has 5 unspecified atom stereocenters. The predicted molar refractivity (Wildman–Crippen MR) is 282 cm³/mol. The van der Waals surface area contributed by atoms with Crippen molar-refractivity contribution >= 4 is 10.9 Å². The number of aryl methyl sites for hydroxylation is 1. The molecule has 3 aliphatic heterocycles. The number of hydrogen-bond donors (Lipinski definition) is 3. The van der Waals surface area contributed by atoms with E-state index in [9.17, 15) is 0 Å². The Kier molecular flexibility index (Phi) is 17.5. The fraction of sp³-hybridized carbons (Fsp3) is 0.525. The van der Waals surface area contributed by atoms with Crippen molar-refractivity contribution < 1.29 is 29.6 Å². The van der Waals surface area contributed by atoms with Crippen molar-refractivity contribution in [3.63, 3.8) is 0 Å². The molecule has 68 heavy (non-hydrogen) atoms. The Morgan fingerprint density at radius 1 is 1.03 bits per heavy atom. The monoisotopic (exact) mass is 925 g/mol. The summed E-state index contributed by atoms with van der Waals surface area (Å²) in [6.45, 7) is 37.3. The van der Waals surface area contributed by atoms with E-state index in [1.165, 1.54) is 75.8 Å². The van der Waals surface area contributed by atoms with E-state index in [0.717, 1.165) is 101 Å². The Balaban J connectivity index is 0.00000684. The number of terminal acetylenes is 1. The first-order valence-corrected chi connectivity index (χ1v) is 25.9. The van der Waals surface area contributed by atoms with Gasteiger partial charge in [-0.1, -0.05) is 89.5 Å². The molecule has 3 N–H and O–H groups in total. The van der Waals surface area contributed by atoms with Crippen molar-refractivity contribution in [1.29, 1.82) is 0 Å². The van der Waals surface area contributed by atoms with Crippen molar-refractivity contribution in [2.75, 3.05) is 39.3 Å². The van der Waals surface area contributed by atoms with E-state index in [0.29, 0.717) is 23.9 Å². The molecule has 1 aliphatic carbocycles. The third kappa shape index (κ3) is 11.8. The standard InChI is InChI=1S/C59H81N8.Na/c1-12-16-29-59(10,11)37-51-50-36-48(26-27-54(50)66(15-4)58(51)49-23-20-30-60-52(49)13-2)47-22-19-21-44(34-47)35-53(42(8)67-32-18-17-31-61-67)62-41(7)57(40(5)6)65-33-28-45(39-65)38-64(14-3)43(9)55-56(63-55)46-24-25-46;/h1,13,19-23,26-27,30,34,36,40,45-46,53,55-57,61-63H,7-9,14-18,24-25,28-29,31-33,35,37-39H2,2-6,10-11H3;/q-1;+1. The minimum atomic E-state index is -0.0260. The fourth-order valence-corrected chi connectivity index (χ4v) is 11.6. The zero-order valence-corrected chi connectivity index (χ0v) is 45.1. The second kappa shape index (κ2) is 22.9. The minimum Gasteiger partial charge on any atom is -0.379 e. The van der Waals surface area contributed by atoms with Gasteiger partial charge >= 0.3 is 29.6 Å². The Bertz CT molecular complexity index is 2430. The molecule has 358 valence electrons. The van der Waals surface area contributed by atoms with Gasteiger partial charge in [0, 0.05) is 85.9 Å². The van der Waals surface area contributed by atoms with Crippen LogP contribution in [0.4, 0.5) is 0 Å². The molecule has 0 bridgehead atoms. The molecule has 5 heterocycles. The number of benzene rings is 2. The van der Waals surface area contributed by atoms with Gasteiger partial charge in [0.1, 0.15) is 0 Å². The molecule has 9 heteroatoms. The van der Waals surface area contributed by atoms with Crippen LogP contribution in [0.2, 0.25) is 0 Å². The van der Waals surface area contributed by atoms with Gasteiger partial charge < -0.3 is 25.1 Å². The quantitative estimate of drug-likeness (QED) is 0.0302. The molecule has 2 aromatic carbocycles. The van der Waals surface area contributed by atoms with E-state index in [4.69, 9.17) is 24.6 Å². The molecule has 4 aliphatic rings. The molecular formula is C59H81N8Na. The van der Waals surface area contributed by atoms with E-state index < -0.39 is 0 Å². The zero-order chi connectivity index (χ0) is 47.4. The van der Waals surface area contributed by atoms with Gasteiger partial charge in [-0.05, 0) is 135 Å². The van der Waals surface area contributed by atoms with Gasteiger partial charge in [-0.25, -0.2) is 11.8 Å². The first kappa shape index (κ1) is 51.9. The van der Waals surface area contributed by atoms with Crippen LogP contribution in [0.1, 0.15) is 110 Å². The number of aromatic nitrogens is 2. The van der Waals surface area contributed by atoms with Gasteiger partial charge in [0.15, 0.2) is 0 Å². The van der Waals surface area contributed by atoms with Crippen LogP contribution >= 0.6 is 0 Å². The molecule has 8 nitrogen and oxygen atoms in total. The molecule has 0 spiro atoms. The fourth-order valence-electron chi connectivity index (χ4n) is 11.6. The SMILES string of the molecule is C#CCCC(C)(C)Cc1c(-c2cccnc2[CH-]C)n(CC)c2ccc(-c3cccc(CC(NC(=C)C(C(C)C)N4CCC(CN(CC)C(=C)C5NC5C5CC5)C4)C(=C)N4CCCCN4)c3)cc12.[Na+].